The van der Waals surface area contributed by atoms with Crippen molar-refractivity contribution in [3.05, 3.63) is 54.1 Å². The molecular weight excluding hydrogens is 380 g/mol. The Hall–Kier alpha value is -2.58. The molecular formula is C20H26N2O5S. The van der Waals surface area contributed by atoms with Gasteiger partial charge < -0.3 is 14.4 Å². The van der Waals surface area contributed by atoms with E-state index in [1.807, 2.05) is 24.3 Å². The number of ether oxygens (including phenoxy) is 2. The summed E-state index contributed by atoms with van der Waals surface area (Å²) in [6.07, 6.45) is 0. The average molecular weight is 407 g/mol. The molecule has 0 fully saturated rings. The molecule has 1 N–H and O–H groups in total. The Morgan fingerprint density at radius 3 is 2.14 bits per heavy atom. The first kappa shape index (κ1) is 21.7. The summed E-state index contributed by atoms with van der Waals surface area (Å²) in [6, 6.07) is 13.2. The number of methoxy groups -OCH3 is 1. The Morgan fingerprint density at radius 2 is 1.61 bits per heavy atom. The van der Waals surface area contributed by atoms with Gasteiger partial charge in [0.05, 0.1) is 12.0 Å². The van der Waals surface area contributed by atoms with Crippen LogP contribution in [0.25, 0.3) is 0 Å². The zero-order valence-corrected chi connectivity index (χ0v) is 17.3. The lowest BCUT2D eigenvalue weighted by Gasteiger charge is -2.18. The summed E-state index contributed by atoms with van der Waals surface area (Å²) >= 11 is 0. The van der Waals surface area contributed by atoms with Crippen molar-refractivity contribution < 1.29 is 22.7 Å². The highest BCUT2D eigenvalue weighted by Crippen LogP contribution is 2.17. The zero-order chi connectivity index (χ0) is 20.7. The summed E-state index contributed by atoms with van der Waals surface area (Å²) in [6.45, 7) is 3.82. The summed E-state index contributed by atoms with van der Waals surface area (Å²) < 4.78 is 37.3. The van der Waals surface area contributed by atoms with E-state index in [-0.39, 0.29) is 23.5 Å². The van der Waals surface area contributed by atoms with Crippen molar-refractivity contribution >= 4 is 15.9 Å². The summed E-state index contributed by atoms with van der Waals surface area (Å²) in [5.41, 5.74) is 0.976. The third-order valence-electron chi connectivity index (χ3n) is 3.89. The largest absolute Gasteiger partial charge is 0.497 e. The van der Waals surface area contributed by atoms with Crippen molar-refractivity contribution in [2.24, 2.45) is 0 Å². The van der Waals surface area contributed by atoms with Gasteiger partial charge in [-0.15, -0.1) is 0 Å². The van der Waals surface area contributed by atoms with E-state index in [1.165, 1.54) is 24.3 Å². The molecule has 0 aromatic heterocycles. The smallest absolute Gasteiger partial charge is 0.260 e. The first-order valence-corrected chi connectivity index (χ1v) is 10.3. The fourth-order valence-electron chi connectivity index (χ4n) is 2.44. The molecule has 2 rings (SSSR count). The van der Waals surface area contributed by atoms with Gasteiger partial charge in [0, 0.05) is 19.6 Å². The van der Waals surface area contributed by atoms with Gasteiger partial charge >= 0.3 is 0 Å². The van der Waals surface area contributed by atoms with Crippen LogP contribution in [0.15, 0.2) is 53.4 Å². The molecule has 0 atom stereocenters. The number of hydrogen-bond donors (Lipinski definition) is 1. The van der Waals surface area contributed by atoms with Crippen molar-refractivity contribution in [2.75, 3.05) is 20.8 Å². The molecule has 2 aromatic rings. The standard InChI is InChI=1S/C20H26N2O5S/c1-15(2)21-28(24,25)19-11-9-18(10-12-19)27-14-20(23)22(3)13-16-5-7-17(26-4)8-6-16/h5-12,15,21H,13-14H2,1-4H3. The molecule has 0 heterocycles. The number of likely N-dealkylation sites (N-methyl/N-ethyl adjacent to an activating group) is 1. The van der Waals surface area contributed by atoms with Crippen molar-refractivity contribution in [3.8, 4) is 11.5 Å². The van der Waals surface area contributed by atoms with Gasteiger partial charge in [0.1, 0.15) is 11.5 Å². The molecule has 28 heavy (non-hydrogen) atoms. The molecule has 0 unspecified atom stereocenters. The third-order valence-corrected chi connectivity index (χ3v) is 5.57. The molecule has 1 amide bonds. The molecule has 0 saturated carbocycles. The van der Waals surface area contributed by atoms with E-state index in [0.29, 0.717) is 12.3 Å². The lowest BCUT2D eigenvalue weighted by atomic mass is 10.2. The summed E-state index contributed by atoms with van der Waals surface area (Å²) in [5, 5.41) is 0. The molecule has 0 aliphatic rings. The van der Waals surface area contributed by atoms with E-state index in [0.717, 1.165) is 11.3 Å². The number of carbonyl (C=O) groups is 1. The molecule has 152 valence electrons. The van der Waals surface area contributed by atoms with Gasteiger partial charge in [-0.25, -0.2) is 13.1 Å². The highest BCUT2D eigenvalue weighted by atomic mass is 32.2. The number of carbonyl (C=O) groups excluding carboxylic acids is 1. The van der Waals surface area contributed by atoms with Crippen LogP contribution in [0, 0.1) is 0 Å². The monoisotopic (exact) mass is 406 g/mol. The van der Waals surface area contributed by atoms with Crippen molar-refractivity contribution in [1.82, 2.24) is 9.62 Å². The van der Waals surface area contributed by atoms with Gasteiger partial charge in [0.15, 0.2) is 6.61 Å². The molecule has 0 spiro atoms. The summed E-state index contributed by atoms with van der Waals surface area (Å²) in [5.74, 6) is 0.999. The Balaban J connectivity index is 1.89. The predicted molar refractivity (Wildman–Crippen MR) is 107 cm³/mol. The lowest BCUT2D eigenvalue weighted by molar-refractivity contribution is -0.132. The predicted octanol–water partition coefficient (Wildman–Crippen LogP) is 2.42. The van der Waals surface area contributed by atoms with Gasteiger partial charge in [-0.3, -0.25) is 4.79 Å². The van der Waals surface area contributed by atoms with Gasteiger partial charge in [0.25, 0.3) is 5.91 Å². The molecule has 0 aliphatic carbocycles. The second-order valence-electron chi connectivity index (χ2n) is 6.63. The van der Waals surface area contributed by atoms with Crippen molar-refractivity contribution in [2.45, 2.75) is 31.3 Å². The fraction of sp³-hybridized carbons (Fsp3) is 0.350. The first-order chi connectivity index (χ1) is 13.2. The Kier molecular flexibility index (Phi) is 7.42. The van der Waals surface area contributed by atoms with E-state index < -0.39 is 10.0 Å². The molecule has 8 heteroatoms. The molecule has 0 aliphatic heterocycles. The fourth-order valence-corrected chi connectivity index (χ4v) is 3.69. The van der Waals surface area contributed by atoms with Crippen LogP contribution >= 0.6 is 0 Å². The number of nitrogens with zero attached hydrogens (tertiary/aromatic N) is 1. The Morgan fingerprint density at radius 1 is 1.04 bits per heavy atom. The Bertz CT molecular complexity index is 878. The van der Waals surface area contributed by atoms with E-state index in [2.05, 4.69) is 4.72 Å². The van der Waals surface area contributed by atoms with Crippen LogP contribution in [-0.4, -0.2) is 46.0 Å². The van der Waals surface area contributed by atoms with Crippen LogP contribution in [0.1, 0.15) is 19.4 Å². The number of benzene rings is 2. The van der Waals surface area contributed by atoms with Gasteiger partial charge in [-0.05, 0) is 55.8 Å². The minimum absolute atomic E-state index is 0.136. The third kappa shape index (κ3) is 6.24. The SMILES string of the molecule is COc1ccc(CN(C)C(=O)COc2ccc(S(=O)(=O)NC(C)C)cc2)cc1. The molecule has 7 nitrogen and oxygen atoms in total. The second-order valence-corrected chi connectivity index (χ2v) is 8.35. The number of nitrogens with one attached hydrogen (secondary N) is 1. The number of rotatable bonds is 9. The van der Waals surface area contributed by atoms with E-state index in [9.17, 15) is 13.2 Å². The number of hydrogen-bond acceptors (Lipinski definition) is 5. The highest BCUT2D eigenvalue weighted by molar-refractivity contribution is 7.89. The lowest BCUT2D eigenvalue weighted by Crippen LogP contribution is -2.31. The maximum Gasteiger partial charge on any atom is 0.260 e. The highest BCUT2D eigenvalue weighted by Gasteiger charge is 2.15. The van der Waals surface area contributed by atoms with Crippen molar-refractivity contribution in [1.29, 1.82) is 0 Å². The average Bonchev–Trinajstić information content (AvgIpc) is 2.66. The van der Waals surface area contributed by atoms with Crippen LogP contribution in [0.3, 0.4) is 0 Å². The van der Waals surface area contributed by atoms with Crippen LogP contribution in [0.2, 0.25) is 0 Å². The van der Waals surface area contributed by atoms with E-state index in [1.54, 1.807) is 32.9 Å². The second kappa shape index (κ2) is 9.57. The molecule has 0 radical (unpaired) electrons. The van der Waals surface area contributed by atoms with Crippen LogP contribution in [0.4, 0.5) is 0 Å². The minimum atomic E-state index is -3.55. The van der Waals surface area contributed by atoms with E-state index in [4.69, 9.17) is 9.47 Å². The normalized spacial score (nSPS) is 11.3. The number of amides is 1. The van der Waals surface area contributed by atoms with Crippen LogP contribution in [-0.2, 0) is 21.4 Å². The maximum absolute atomic E-state index is 12.3. The Labute approximate surface area is 166 Å². The maximum atomic E-state index is 12.3. The minimum Gasteiger partial charge on any atom is -0.497 e. The molecule has 0 bridgehead atoms. The van der Waals surface area contributed by atoms with Gasteiger partial charge in [-0.1, -0.05) is 12.1 Å². The summed E-state index contributed by atoms with van der Waals surface area (Å²) in [7, 11) is -0.251. The zero-order valence-electron chi connectivity index (χ0n) is 16.5. The van der Waals surface area contributed by atoms with Gasteiger partial charge in [0.2, 0.25) is 10.0 Å². The quantitative estimate of drug-likeness (QED) is 0.691. The van der Waals surface area contributed by atoms with Crippen LogP contribution < -0.4 is 14.2 Å². The van der Waals surface area contributed by atoms with Crippen molar-refractivity contribution in [3.63, 3.8) is 0 Å². The molecule has 2 aromatic carbocycles. The van der Waals surface area contributed by atoms with E-state index >= 15 is 0 Å². The summed E-state index contributed by atoms with van der Waals surface area (Å²) in [4.78, 5) is 14.0. The molecule has 0 saturated heterocycles. The number of sulfonamides is 1. The van der Waals surface area contributed by atoms with Gasteiger partial charge in [-0.2, -0.15) is 0 Å². The topological polar surface area (TPSA) is 84.9 Å². The first-order valence-electron chi connectivity index (χ1n) is 8.83. The van der Waals surface area contributed by atoms with Crippen LogP contribution in [0.5, 0.6) is 11.5 Å².